The monoisotopic (exact) mass is 450 g/mol. The Morgan fingerprint density at radius 2 is 1.88 bits per heavy atom. The number of carbonyl (C=O) groups is 2. The molecule has 1 heterocycles. The summed E-state index contributed by atoms with van der Waals surface area (Å²) < 4.78 is 1.05. The zero-order chi connectivity index (χ0) is 17.4. The number of amides is 2. The van der Waals surface area contributed by atoms with Crippen LogP contribution in [0.25, 0.3) is 11.6 Å². The van der Waals surface area contributed by atoms with Crippen molar-refractivity contribution in [3.05, 3.63) is 50.4 Å². The van der Waals surface area contributed by atoms with Crippen molar-refractivity contribution < 1.29 is 14.7 Å². The lowest BCUT2D eigenvalue weighted by molar-refractivity contribution is -0.114. The van der Waals surface area contributed by atoms with Crippen LogP contribution in [0.3, 0.4) is 0 Å². The third-order valence-electron chi connectivity index (χ3n) is 3.47. The number of benzene rings is 2. The van der Waals surface area contributed by atoms with Crippen LogP contribution in [0, 0.1) is 0 Å². The van der Waals surface area contributed by atoms with Gasteiger partial charge < -0.3 is 15.7 Å². The highest BCUT2D eigenvalue weighted by Gasteiger charge is 2.24. The summed E-state index contributed by atoms with van der Waals surface area (Å²) in [5.74, 6) is -0.296. The summed E-state index contributed by atoms with van der Waals surface area (Å²) in [6.07, 6.45) is 1.73. The van der Waals surface area contributed by atoms with E-state index in [4.69, 9.17) is 0 Å². The zero-order valence-corrected chi connectivity index (χ0v) is 15.7. The lowest BCUT2D eigenvalue weighted by Crippen LogP contribution is -2.05. The van der Waals surface area contributed by atoms with Crippen LogP contribution in [0.15, 0.2) is 39.3 Å². The maximum Gasteiger partial charge on any atom is 0.256 e. The van der Waals surface area contributed by atoms with Crippen LogP contribution in [0.4, 0.5) is 11.4 Å². The van der Waals surface area contributed by atoms with Gasteiger partial charge >= 0.3 is 0 Å². The molecule has 0 radical (unpaired) electrons. The van der Waals surface area contributed by atoms with Crippen LogP contribution in [0.1, 0.15) is 18.1 Å². The van der Waals surface area contributed by atoms with Crippen LogP contribution in [0.5, 0.6) is 5.75 Å². The molecule has 2 amide bonds. The minimum Gasteiger partial charge on any atom is -0.506 e. The van der Waals surface area contributed by atoms with Crippen molar-refractivity contribution in [1.82, 2.24) is 0 Å². The van der Waals surface area contributed by atoms with E-state index in [1.807, 2.05) is 0 Å². The second-order valence-corrected chi connectivity index (χ2v) is 7.00. The Bertz CT molecular complexity index is 884. The first-order valence-corrected chi connectivity index (χ1v) is 8.57. The van der Waals surface area contributed by atoms with Crippen LogP contribution >= 0.6 is 31.9 Å². The van der Waals surface area contributed by atoms with Crippen LogP contribution < -0.4 is 10.6 Å². The molecule has 0 aliphatic carbocycles. The average molecular weight is 452 g/mol. The van der Waals surface area contributed by atoms with Gasteiger partial charge in [-0.25, -0.2) is 0 Å². The summed E-state index contributed by atoms with van der Waals surface area (Å²) in [5.41, 5.74) is 3.26. The Labute approximate surface area is 155 Å². The maximum atomic E-state index is 12.3. The molecule has 0 atom stereocenters. The van der Waals surface area contributed by atoms with Crippen molar-refractivity contribution in [2.24, 2.45) is 0 Å². The molecule has 0 saturated carbocycles. The fourth-order valence-electron chi connectivity index (χ4n) is 2.45. The minimum absolute atomic E-state index is 0.0985. The lowest BCUT2D eigenvalue weighted by atomic mass is 10.0. The number of fused-ring (bicyclic) bond motifs is 1. The number of phenols is 1. The van der Waals surface area contributed by atoms with E-state index in [-0.39, 0.29) is 17.6 Å². The SMILES string of the molecule is CC(=O)Nc1ccc2c(c1)/C(=C/c1cc(Br)c(O)c(Br)c1)C(=O)N2. The number of hydrogen-bond acceptors (Lipinski definition) is 3. The van der Waals surface area contributed by atoms with E-state index in [1.165, 1.54) is 6.92 Å². The summed E-state index contributed by atoms with van der Waals surface area (Å²) >= 11 is 6.55. The first kappa shape index (κ1) is 16.7. The number of carbonyl (C=O) groups excluding carboxylic acids is 2. The molecule has 3 rings (SSSR count). The third kappa shape index (κ3) is 3.22. The Hall–Kier alpha value is -2.12. The normalized spacial score (nSPS) is 14.5. The second kappa shape index (κ2) is 6.41. The van der Waals surface area contributed by atoms with Crippen molar-refractivity contribution in [2.75, 3.05) is 10.6 Å². The highest BCUT2D eigenvalue weighted by Crippen LogP contribution is 2.38. The van der Waals surface area contributed by atoms with E-state index in [1.54, 1.807) is 36.4 Å². The number of nitrogens with one attached hydrogen (secondary N) is 2. The summed E-state index contributed by atoms with van der Waals surface area (Å²) in [6, 6.07) is 8.68. The molecule has 0 spiro atoms. The largest absolute Gasteiger partial charge is 0.506 e. The molecule has 24 heavy (non-hydrogen) atoms. The Morgan fingerprint density at radius 3 is 2.50 bits per heavy atom. The summed E-state index contributed by atoms with van der Waals surface area (Å²) in [4.78, 5) is 23.5. The fraction of sp³-hybridized carbons (Fsp3) is 0.0588. The van der Waals surface area contributed by atoms with Crippen molar-refractivity contribution in [2.45, 2.75) is 6.92 Å². The first-order chi connectivity index (χ1) is 11.3. The Morgan fingerprint density at radius 1 is 1.21 bits per heavy atom. The smallest absolute Gasteiger partial charge is 0.256 e. The van der Waals surface area contributed by atoms with E-state index in [9.17, 15) is 14.7 Å². The molecule has 2 aromatic carbocycles. The second-order valence-electron chi connectivity index (χ2n) is 5.29. The number of phenolic OH excluding ortho intramolecular Hbond substituents is 1. The van der Waals surface area contributed by atoms with Crippen molar-refractivity contribution in [3.8, 4) is 5.75 Å². The highest BCUT2D eigenvalue weighted by molar-refractivity contribution is 9.11. The molecule has 0 fully saturated rings. The number of halogens is 2. The van der Waals surface area contributed by atoms with E-state index in [0.29, 0.717) is 31.5 Å². The van der Waals surface area contributed by atoms with Crippen LogP contribution in [0.2, 0.25) is 0 Å². The first-order valence-electron chi connectivity index (χ1n) is 6.98. The summed E-state index contributed by atoms with van der Waals surface area (Å²) in [7, 11) is 0. The van der Waals surface area contributed by atoms with E-state index in [0.717, 1.165) is 5.56 Å². The van der Waals surface area contributed by atoms with Crippen LogP contribution in [-0.4, -0.2) is 16.9 Å². The molecule has 0 aromatic heterocycles. The molecule has 7 heteroatoms. The van der Waals surface area contributed by atoms with Gasteiger partial charge in [0.05, 0.1) is 8.95 Å². The van der Waals surface area contributed by atoms with E-state index < -0.39 is 0 Å². The van der Waals surface area contributed by atoms with Crippen molar-refractivity contribution in [3.63, 3.8) is 0 Å². The van der Waals surface area contributed by atoms with Gasteiger partial charge in [-0.1, -0.05) is 0 Å². The van der Waals surface area contributed by atoms with Gasteiger partial charge in [-0.05, 0) is 73.8 Å². The number of rotatable bonds is 2. The minimum atomic E-state index is -0.217. The summed E-state index contributed by atoms with van der Waals surface area (Å²) in [6.45, 7) is 1.43. The maximum absolute atomic E-state index is 12.3. The fourth-order valence-corrected chi connectivity index (χ4v) is 3.67. The van der Waals surface area contributed by atoms with Gasteiger partial charge in [-0.15, -0.1) is 0 Å². The molecule has 3 N–H and O–H groups in total. The van der Waals surface area contributed by atoms with Gasteiger partial charge in [0.25, 0.3) is 5.91 Å². The quantitative estimate of drug-likeness (QED) is 0.593. The molecular weight excluding hydrogens is 440 g/mol. The predicted octanol–water partition coefficient (Wildman–Crippen LogP) is 4.37. The van der Waals surface area contributed by atoms with Crippen molar-refractivity contribution in [1.29, 1.82) is 0 Å². The van der Waals surface area contributed by atoms with Gasteiger partial charge in [0.15, 0.2) is 0 Å². The Kier molecular flexibility index (Phi) is 4.47. The van der Waals surface area contributed by atoms with Crippen molar-refractivity contribution >= 4 is 66.7 Å². The highest BCUT2D eigenvalue weighted by atomic mass is 79.9. The molecule has 0 saturated heterocycles. The van der Waals surface area contributed by atoms with E-state index in [2.05, 4.69) is 42.5 Å². The predicted molar refractivity (Wildman–Crippen MR) is 101 cm³/mol. The standard InChI is InChI=1S/C17H12Br2N2O3/c1-8(22)20-10-2-3-15-11(7-10)12(17(24)21-15)4-9-5-13(18)16(23)14(19)6-9/h2-7,23H,1H3,(H,20,22)(H,21,24)/b12-4-. The van der Waals surface area contributed by atoms with Gasteiger partial charge in [0.2, 0.25) is 5.91 Å². The average Bonchev–Trinajstić information content (AvgIpc) is 2.80. The lowest BCUT2D eigenvalue weighted by Gasteiger charge is -2.06. The molecule has 0 bridgehead atoms. The summed E-state index contributed by atoms with van der Waals surface area (Å²) in [5, 5.41) is 15.3. The molecule has 5 nitrogen and oxygen atoms in total. The van der Waals surface area contributed by atoms with Gasteiger partial charge in [-0.2, -0.15) is 0 Å². The third-order valence-corrected chi connectivity index (χ3v) is 4.68. The van der Waals surface area contributed by atoms with Gasteiger partial charge in [-0.3, -0.25) is 9.59 Å². The zero-order valence-electron chi connectivity index (χ0n) is 12.5. The Balaban J connectivity index is 2.07. The van der Waals surface area contributed by atoms with Gasteiger partial charge in [0.1, 0.15) is 5.75 Å². The molecule has 1 aliphatic rings. The van der Waals surface area contributed by atoms with E-state index >= 15 is 0 Å². The molecule has 1 aliphatic heterocycles. The molecule has 2 aromatic rings. The van der Waals surface area contributed by atoms with Gasteiger partial charge in [0, 0.05) is 29.4 Å². The molecule has 122 valence electrons. The molecule has 0 unspecified atom stereocenters. The number of aromatic hydroxyl groups is 1. The number of hydrogen-bond donors (Lipinski definition) is 3. The number of anilines is 2. The molecular formula is C17H12Br2N2O3. The van der Waals surface area contributed by atoms with Crippen LogP contribution in [-0.2, 0) is 9.59 Å². The topological polar surface area (TPSA) is 78.4 Å².